The molecule has 5 heteroatoms. The molecule has 29 heavy (non-hydrogen) atoms. The van der Waals surface area contributed by atoms with E-state index in [1.165, 1.54) is 5.56 Å². The number of amides is 1. The van der Waals surface area contributed by atoms with Crippen LogP contribution in [0.5, 0.6) is 0 Å². The molecular formula is C24H22N4O. The molecule has 0 bridgehead atoms. The summed E-state index contributed by atoms with van der Waals surface area (Å²) in [6, 6.07) is 21.6. The van der Waals surface area contributed by atoms with Gasteiger partial charge in [-0.3, -0.25) is 9.20 Å². The lowest BCUT2D eigenvalue weighted by Crippen LogP contribution is -2.07. The molecule has 0 spiro atoms. The van der Waals surface area contributed by atoms with Gasteiger partial charge in [-0.15, -0.1) is 10.2 Å². The first-order valence-electron chi connectivity index (χ1n) is 9.59. The summed E-state index contributed by atoms with van der Waals surface area (Å²) in [4.78, 5) is 12.3. The summed E-state index contributed by atoms with van der Waals surface area (Å²) in [6.45, 7) is 4.32. The Labute approximate surface area is 169 Å². The molecule has 144 valence electrons. The molecule has 0 fully saturated rings. The van der Waals surface area contributed by atoms with Crippen molar-refractivity contribution < 1.29 is 4.79 Å². The largest absolute Gasteiger partial charge is 0.322 e. The Morgan fingerprint density at radius 3 is 2.62 bits per heavy atom. The fourth-order valence-corrected chi connectivity index (χ4v) is 3.12. The minimum absolute atomic E-state index is 0.179. The van der Waals surface area contributed by atoms with Crippen LogP contribution < -0.4 is 5.32 Å². The normalized spacial score (nSPS) is 11.4. The summed E-state index contributed by atoms with van der Waals surface area (Å²) >= 11 is 0. The molecule has 2 aromatic carbocycles. The first-order valence-corrected chi connectivity index (χ1v) is 9.59. The number of pyridine rings is 1. The second-order valence-corrected chi connectivity index (χ2v) is 7.18. The van der Waals surface area contributed by atoms with Crippen molar-refractivity contribution in [1.82, 2.24) is 14.6 Å². The van der Waals surface area contributed by atoms with Gasteiger partial charge in [0.25, 0.3) is 0 Å². The van der Waals surface area contributed by atoms with Gasteiger partial charge in [0.15, 0.2) is 11.5 Å². The predicted molar refractivity (Wildman–Crippen MR) is 117 cm³/mol. The molecule has 1 amide bonds. The number of hydrogen-bond acceptors (Lipinski definition) is 3. The Morgan fingerprint density at radius 2 is 1.83 bits per heavy atom. The number of nitrogens with zero attached hydrogens (tertiary/aromatic N) is 3. The van der Waals surface area contributed by atoms with E-state index in [1.54, 1.807) is 6.08 Å². The van der Waals surface area contributed by atoms with Crippen LogP contribution in [0.1, 0.15) is 30.9 Å². The van der Waals surface area contributed by atoms with Crippen molar-refractivity contribution in [2.24, 2.45) is 0 Å². The maximum absolute atomic E-state index is 12.3. The van der Waals surface area contributed by atoms with Gasteiger partial charge >= 0.3 is 0 Å². The van der Waals surface area contributed by atoms with Crippen molar-refractivity contribution in [3.8, 4) is 11.4 Å². The van der Waals surface area contributed by atoms with Gasteiger partial charge in [-0.25, -0.2) is 0 Å². The Bertz CT molecular complexity index is 1170. The summed E-state index contributed by atoms with van der Waals surface area (Å²) in [5.41, 5.74) is 4.65. The summed E-state index contributed by atoms with van der Waals surface area (Å²) in [6.07, 6.45) is 5.28. The minimum atomic E-state index is -0.179. The maximum Gasteiger partial charge on any atom is 0.248 e. The molecular weight excluding hydrogens is 360 g/mol. The highest BCUT2D eigenvalue weighted by Gasteiger charge is 2.08. The van der Waals surface area contributed by atoms with E-state index in [0.29, 0.717) is 11.6 Å². The number of fused-ring (bicyclic) bond motifs is 1. The van der Waals surface area contributed by atoms with Crippen LogP contribution in [-0.4, -0.2) is 20.5 Å². The number of rotatable bonds is 5. The monoisotopic (exact) mass is 382 g/mol. The quantitative estimate of drug-likeness (QED) is 0.484. The molecule has 0 saturated heterocycles. The van der Waals surface area contributed by atoms with Crippen molar-refractivity contribution in [3.05, 3.63) is 90.1 Å². The summed E-state index contributed by atoms with van der Waals surface area (Å²) in [5.74, 6) is 1.05. The van der Waals surface area contributed by atoms with E-state index >= 15 is 0 Å². The fourth-order valence-electron chi connectivity index (χ4n) is 3.12. The smallest absolute Gasteiger partial charge is 0.248 e. The average Bonchev–Trinajstić information content (AvgIpc) is 3.17. The summed E-state index contributed by atoms with van der Waals surface area (Å²) in [7, 11) is 0. The van der Waals surface area contributed by atoms with E-state index in [-0.39, 0.29) is 5.91 Å². The lowest BCUT2D eigenvalue weighted by molar-refractivity contribution is -0.111. The van der Waals surface area contributed by atoms with Crippen molar-refractivity contribution in [2.45, 2.75) is 19.8 Å². The standard InChI is InChI=1S/C24H22N4O/c1-17(2)19-12-9-18(10-13-19)11-14-23(29)25-21-7-5-6-20(16-21)24-27-26-22-8-3-4-15-28(22)24/h3-17H,1-2H3,(H,25,29)/b14-11+. The first kappa shape index (κ1) is 18.6. The number of aromatic nitrogens is 3. The van der Waals surface area contributed by atoms with Crippen molar-refractivity contribution in [1.29, 1.82) is 0 Å². The molecule has 0 radical (unpaired) electrons. The molecule has 0 aliphatic rings. The van der Waals surface area contributed by atoms with Crippen LogP contribution in [0.2, 0.25) is 0 Å². The minimum Gasteiger partial charge on any atom is -0.322 e. The van der Waals surface area contributed by atoms with E-state index in [1.807, 2.05) is 71.3 Å². The Balaban J connectivity index is 1.48. The Kier molecular flexibility index (Phi) is 5.20. The van der Waals surface area contributed by atoms with Gasteiger partial charge in [-0.2, -0.15) is 0 Å². The summed E-state index contributed by atoms with van der Waals surface area (Å²) < 4.78 is 1.92. The van der Waals surface area contributed by atoms with Crippen molar-refractivity contribution in [3.63, 3.8) is 0 Å². The molecule has 2 aromatic heterocycles. The van der Waals surface area contributed by atoms with Crippen molar-refractivity contribution in [2.75, 3.05) is 5.32 Å². The van der Waals surface area contributed by atoms with Crippen LogP contribution in [0.25, 0.3) is 23.1 Å². The third-order valence-electron chi connectivity index (χ3n) is 4.73. The number of nitrogens with one attached hydrogen (secondary N) is 1. The highest BCUT2D eigenvalue weighted by atomic mass is 16.1. The van der Waals surface area contributed by atoms with Crippen LogP contribution in [-0.2, 0) is 4.79 Å². The highest BCUT2D eigenvalue weighted by Crippen LogP contribution is 2.22. The third kappa shape index (κ3) is 4.24. The third-order valence-corrected chi connectivity index (χ3v) is 4.73. The van der Waals surface area contributed by atoms with Crippen LogP contribution in [0, 0.1) is 0 Å². The van der Waals surface area contributed by atoms with Gasteiger partial charge in [0, 0.05) is 23.5 Å². The topological polar surface area (TPSA) is 59.3 Å². The molecule has 0 aliphatic heterocycles. The second-order valence-electron chi connectivity index (χ2n) is 7.18. The van der Waals surface area contributed by atoms with E-state index in [0.717, 1.165) is 22.6 Å². The lowest BCUT2D eigenvalue weighted by atomic mass is 10.0. The molecule has 0 aliphatic carbocycles. The zero-order valence-electron chi connectivity index (χ0n) is 16.4. The van der Waals surface area contributed by atoms with Gasteiger partial charge in [0.05, 0.1) is 0 Å². The summed E-state index contributed by atoms with van der Waals surface area (Å²) in [5, 5.41) is 11.4. The van der Waals surface area contributed by atoms with Gasteiger partial charge in [-0.05, 0) is 47.4 Å². The number of hydrogen-bond donors (Lipinski definition) is 1. The fraction of sp³-hybridized carbons (Fsp3) is 0.125. The Morgan fingerprint density at radius 1 is 1.00 bits per heavy atom. The second kappa shape index (κ2) is 8.10. The molecule has 0 saturated carbocycles. The van der Waals surface area contributed by atoms with Gasteiger partial charge in [0.2, 0.25) is 5.91 Å². The molecule has 4 rings (SSSR count). The van der Waals surface area contributed by atoms with E-state index in [4.69, 9.17) is 0 Å². The van der Waals surface area contributed by atoms with Crippen LogP contribution in [0.15, 0.2) is 79.0 Å². The predicted octanol–water partition coefficient (Wildman–Crippen LogP) is 5.17. The van der Waals surface area contributed by atoms with E-state index in [2.05, 4.69) is 41.5 Å². The molecule has 4 aromatic rings. The number of carbonyl (C=O) groups is 1. The zero-order valence-corrected chi connectivity index (χ0v) is 16.4. The molecule has 0 unspecified atom stereocenters. The average molecular weight is 382 g/mol. The molecule has 0 atom stereocenters. The van der Waals surface area contributed by atoms with E-state index in [9.17, 15) is 4.79 Å². The van der Waals surface area contributed by atoms with Gasteiger partial charge in [-0.1, -0.05) is 56.3 Å². The van der Waals surface area contributed by atoms with Gasteiger partial charge < -0.3 is 5.32 Å². The maximum atomic E-state index is 12.3. The number of carbonyl (C=O) groups excluding carboxylic acids is 1. The Hall–Kier alpha value is -3.73. The molecule has 2 heterocycles. The zero-order chi connectivity index (χ0) is 20.2. The number of benzene rings is 2. The van der Waals surface area contributed by atoms with E-state index < -0.39 is 0 Å². The van der Waals surface area contributed by atoms with Crippen LogP contribution in [0.3, 0.4) is 0 Å². The first-order chi connectivity index (χ1) is 14.1. The van der Waals surface area contributed by atoms with Gasteiger partial charge in [0.1, 0.15) is 0 Å². The molecule has 1 N–H and O–H groups in total. The molecule has 5 nitrogen and oxygen atoms in total. The SMILES string of the molecule is CC(C)c1ccc(/C=C/C(=O)Nc2cccc(-c3nnc4ccccn34)c2)cc1. The lowest BCUT2D eigenvalue weighted by Gasteiger charge is -2.06. The highest BCUT2D eigenvalue weighted by molar-refractivity contribution is 6.02. The van der Waals surface area contributed by atoms with Crippen LogP contribution >= 0.6 is 0 Å². The van der Waals surface area contributed by atoms with Crippen LogP contribution in [0.4, 0.5) is 5.69 Å². The number of anilines is 1. The van der Waals surface area contributed by atoms with Crippen molar-refractivity contribution >= 4 is 23.3 Å².